The Morgan fingerprint density at radius 3 is 2.88 bits per heavy atom. The molecule has 2 rings (SSSR count). The minimum Gasteiger partial charge on any atom is -0.388 e. The third kappa shape index (κ3) is 2.43. The summed E-state index contributed by atoms with van der Waals surface area (Å²) in [6, 6.07) is 6.34. The Kier molecular flexibility index (Phi) is 3.59. The van der Waals surface area contributed by atoms with Gasteiger partial charge in [0, 0.05) is 0 Å². The van der Waals surface area contributed by atoms with Crippen molar-refractivity contribution in [3.05, 3.63) is 35.6 Å². The van der Waals surface area contributed by atoms with Gasteiger partial charge < -0.3 is 5.11 Å². The Morgan fingerprint density at radius 2 is 2.25 bits per heavy atom. The van der Waals surface area contributed by atoms with Crippen LogP contribution in [-0.2, 0) is 0 Å². The summed E-state index contributed by atoms with van der Waals surface area (Å²) < 4.78 is 13.0. The van der Waals surface area contributed by atoms with Crippen molar-refractivity contribution in [3.63, 3.8) is 0 Å². The zero-order valence-corrected chi connectivity index (χ0v) is 9.70. The van der Waals surface area contributed by atoms with Crippen molar-refractivity contribution in [2.45, 2.75) is 38.7 Å². The van der Waals surface area contributed by atoms with E-state index in [-0.39, 0.29) is 5.82 Å². The Labute approximate surface area is 96.3 Å². The van der Waals surface area contributed by atoms with Crippen LogP contribution < -0.4 is 0 Å². The second kappa shape index (κ2) is 4.96. The molecule has 0 aromatic heterocycles. The second-order valence-corrected chi connectivity index (χ2v) is 4.85. The number of rotatable bonds is 3. The summed E-state index contributed by atoms with van der Waals surface area (Å²) in [6.45, 7) is 2.20. The van der Waals surface area contributed by atoms with Gasteiger partial charge in [0.1, 0.15) is 5.82 Å². The fourth-order valence-electron chi connectivity index (χ4n) is 2.73. The third-order valence-electron chi connectivity index (χ3n) is 3.80. The van der Waals surface area contributed by atoms with E-state index in [2.05, 4.69) is 6.92 Å². The monoisotopic (exact) mass is 222 g/mol. The molecule has 1 N–H and O–H groups in total. The van der Waals surface area contributed by atoms with Crippen molar-refractivity contribution in [2.75, 3.05) is 0 Å². The molecule has 1 aromatic rings. The quantitative estimate of drug-likeness (QED) is 0.827. The normalized spacial score (nSPS) is 26.9. The van der Waals surface area contributed by atoms with Crippen molar-refractivity contribution >= 4 is 0 Å². The molecule has 0 saturated heterocycles. The predicted molar refractivity (Wildman–Crippen MR) is 62.5 cm³/mol. The number of aliphatic hydroxyl groups excluding tert-OH is 1. The summed E-state index contributed by atoms with van der Waals surface area (Å²) in [5.74, 6) is 0.793. The maximum atomic E-state index is 13.0. The topological polar surface area (TPSA) is 20.2 Å². The molecule has 0 heterocycles. The molecule has 0 bridgehead atoms. The van der Waals surface area contributed by atoms with Crippen LogP contribution in [0.2, 0.25) is 0 Å². The number of halogens is 1. The zero-order valence-electron chi connectivity index (χ0n) is 9.70. The van der Waals surface area contributed by atoms with Gasteiger partial charge in [-0.3, -0.25) is 0 Å². The molecule has 1 aliphatic carbocycles. The van der Waals surface area contributed by atoms with Crippen LogP contribution in [0.1, 0.15) is 44.3 Å². The van der Waals surface area contributed by atoms with Crippen molar-refractivity contribution < 1.29 is 9.50 Å². The van der Waals surface area contributed by atoms with Crippen LogP contribution in [-0.4, -0.2) is 5.11 Å². The maximum Gasteiger partial charge on any atom is 0.123 e. The third-order valence-corrected chi connectivity index (χ3v) is 3.80. The number of hydrogen-bond donors (Lipinski definition) is 1. The van der Waals surface area contributed by atoms with E-state index in [1.54, 1.807) is 6.07 Å². The van der Waals surface area contributed by atoms with E-state index in [0.717, 1.165) is 24.3 Å². The molecule has 0 radical (unpaired) electrons. The average molecular weight is 222 g/mol. The Morgan fingerprint density at radius 1 is 1.44 bits per heavy atom. The number of aliphatic hydroxyl groups is 1. The number of benzene rings is 1. The summed E-state index contributed by atoms with van der Waals surface area (Å²) in [5.41, 5.74) is 0.724. The second-order valence-electron chi connectivity index (χ2n) is 4.85. The van der Waals surface area contributed by atoms with Gasteiger partial charge in [0.25, 0.3) is 0 Å². The SMILES string of the molecule is CCC1CCC(C(O)c2cccc(F)c2)C1. The first kappa shape index (κ1) is 11.6. The van der Waals surface area contributed by atoms with Crippen LogP contribution >= 0.6 is 0 Å². The highest BCUT2D eigenvalue weighted by atomic mass is 19.1. The van der Waals surface area contributed by atoms with E-state index in [0.29, 0.717) is 5.92 Å². The van der Waals surface area contributed by atoms with Crippen molar-refractivity contribution in [3.8, 4) is 0 Å². The van der Waals surface area contributed by atoms with Gasteiger partial charge in [-0.15, -0.1) is 0 Å². The largest absolute Gasteiger partial charge is 0.388 e. The molecule has 2 heteroatoms. The van der Waals surface area contributed by atoms with Gasteiger partial charge in [0.2, 0.25) is 0 Å². The van der Waals surface area contributed by atoms with Crippen molar-refractivity contribution in [2.24, 2.45) is 11.8 Å². The average Bonchev–Trinajstić information content (AvgIpc) is 2.76. The molecule has 1 saturated carbocycles. The van der Waals surface area contributed by atoms with Gasteiger partial charge in [-0.2, -0.15) is 0 Å². The summed E-state index contributed by atoms with van der Waals surface area (Å²) in [7, 11) is 0. The van der Waals surface area contributed by atoms with Crippen LogP contribution in [0.5, 0.6) is 0 Å². The van der Waals surface area contributed by atoms with Gasteiger partial charge in [-0.1, -0.05) is 31.9 Å². The lowest BCUT2D eigenvalue weighted by Gasteiger charge is -2.18. The highest BCUT2D eigenvalue weighted by molar-refractivity contribution is 5.19. The molecule has 0 aliphatic heterocycles. The van der Waals surface area contributed by atoms with Crippen LogP contribution in [0.25, 0.3) is 0 Å². The lowest BCUT2D eigenvalue weighted by molar-refractivity contribution is 0.109. The molecule has 16 heavy (non-hydrogen) atoms. The van der Waals surface area contributed by atoms with Crippen molar-refractivity contribution in [1.29, 1.82) is 0 Å². The zero-order chi connectivity index (χ0) is 11.5. The molecule has 1 aromatic carbocycles. The Balaban J connectivity index is 2.05. The Bertz CT molecular complexity index is 350. The molecule has 1 aliphatic rings. The van der Waals surface area contributed by atoms with Gasteiger partial charge in [-0.25, -0.2) is 4.39 Å². The van der Waals surface area contributed by atoms with Gasteiger partial charge >= 0.3 is 0 Å². The first-order chi connectivity index (χ1) is 7.70. The van der Waals surface area contributed by atoms with Gasteiger partial charge in [-0.05, 0) is 42.4 Å². The minimum atomic E-state index is -0.493. The minimum absolute atomic E-state index is 0.262. The first-order valence-corrected chi connectivity index (χ1v) is 6.14. The molecule has 0 amide bonds. The molecule has 3 unspecified atom stereocenters. The summed E-state index contributed by atoms with van der Waals surface area (Å²) in [4.78, 5) is 0. The van der Waals surface area contributed by atoms with Crippen LogP contribution in [0.15, 0.2) is 24.3 Å². The van der Waals surface area contributed by atoms with Crippen molar-refractivity contribution in [1.82, 2.24) is 0 Å². The van der Waals surface area contributed by atoms with Crippen LogP contribution in [0.3, 0.4) is 0 Å². The molecular weight excluding hydrogens is 203 g/mol. The Hall–Kier alpha value is -0.890. The smallest absolute Gasteiger partial charge is 0.123 e. The standard InChI is InChI=1S/C14H19FO/c1-2-10-6-7-12(8-10)14(16)11-4-3-5-13(15)9-11/h3-5,9-10,12,14,16H,2,6-8H2,1H3. The molecule has 1 fully saturated rings. The lowest BCUT2D eigenvalue weighted by atomic mass is 9.93. The summed E-state index contributed by atoms with van der Waals surface area (Å²) in [5, 5.41) is 10.2. The highest BCUT2D eigenvalue weighted by Crippen LogP contribution is 2.40. The van der Waals surface area contributed by atoms with Crippen LogP contribution in [0.4, 0.5) is 4.39 Å². The highest BCUT2D eigenvalue weighted by Gasteiger charge is 2.29. The molecule has 0 spiro atoms. The van der Waals surface area contributed by atoms with E-state index >= 15 is 0 Å². The van der Waals surface area contributed by atoms with Gasteiger partial charge in [0.15, 0.2) is 0 Å². The van der Waals surface area contributed by atoms with E-state index in [1.807, 2.05) is 6.07 Å². The van der Waals surface area contributed by atoms with E-state index in [4.69, 9.17) is 0 Å². The fourth-order valence-corrected chi connectivity index (χ4v) is 2.73. The maximum absolute atomic E-state index is 13.0. The molecule has 1 nitrogen and oxygen atoms in total. The summed E-state index contributed by atoms with van der Waals surface area (Å²) in [6.07, 6.45) is 4.04. The van der Waals surface area contributed by atoms with E-state index in [1.165, 1.54) is 25.0 Å². The van der Waals surface area contributed by atoms with E-state index < -0.39 is 6.10 Å². The first-order valence-electron chi connectivity index (χ1n) is 6.14. The fraction of sp³-hybridized carbons (Fsp3) is 0.571. The van der Waals surface area contributed by atoms with E-state index in [9.17, 15) is 9.50 Å². The van der Waals surface area contributed by atoms with Crippen LogP contribution in [0, 0.1) is 17.7 Å². The molecule has 88 valence electrons. The molecule has 3 atom stereocenters. The molecular formula is C14H19FO. The number of hydrogen-bond acceptors (Lipinski definition) is 1. The predicted octanol–water partition coefficient (Wildman–Crippen LogP) is 3.69. The summed E-state index contributed by atoms with van der Waals surface area (Å²) >= 11 is 0. The lowest BCUT2D eigenvalue weighted by Crippen LogP contribution is -2.09. The van der Waals surface area contributed by atoms with Gasteiger partial charge in [0.05, 0.1) is 6.10 Å².